The molecule has 4 aromatic rings. The number of carbonyl (C=O) groups is 1. The predicted octanol–water partition coefficient (Wildman–Crippen LogP) is 9.48. The molecule has 0 amide bonds. The van der Waals surface area contributed by atoms with Crippen LogP contribution < -0.4 is 0 Å². The molecular formula is C34H39FIrNO2-. The minimum Gasteiger partial charge on any atom is -0.512 e. The number of aromatic nitrogens is 1. The maximum atomic E-state index is 14.4. The van der Waals surface area contributed by atoms with Crippen molar-refractivity contribution < 1.29 is 34.4 Å². The zero-order valence-corrected chi connectivity index (χ0v) is 26.6. The molecule has 0 aliphatic carbocycles. The Morgan fingerprint density at radius 1 is 0.974 bits per heavy atom. The number of fused-ring (bicyclic) bond motifs is 3. The zero-order chi connectivity index (χ0) is 28.3. The average Bonchev–Trinajstić information content (AvgIpc) is 2.87. The third kappa shape index (κ3) is 7.41. The summed E-state index contributed by atoms with van der Waals surface area (Å²) in [7, 11) is 0. The van der Waals surface area contributed by atoms with Crippen LogP contribution in [0.15, 0.2) is 66.6 Å². The van der Waals surface area contributed by atoms with E-state index in [-0.39, 0.29) is 48.3 Å². The van der Waals surface area contributed by atoms with Gasteiger partial charge < -0.3 is 10.1 Å². The van der Waals surface area contributed by atoms with Gasteiger partial charge in [0.05, 0.1) is 0 Å². The number of hydrogen-bond acceptors (Lipinski definition) is 3. The molecule has 4 rings (SSSR count). The number of benzene rings is 3. The van der Waals surface area contributed by atoms with Crippen LogP contribution in [0.3, 0.4) is 0 Å². The molecule has 0 spiro atoms. The van der Waals surface area contributed by atoms with Crippen molar-refractivity contribution in [1.29, 1.82) is 0 Å². The molecule has 0 saturated carbocycles. The number of hydrogen-bond donors (Lipinski definition) is 1. The van der Waals surface area contributed by atoms with Crippen LogP contribution in [-0.2, 0) is 24.9 Å². The van der Waals surface area contributed by atoms with Gasteiger partial charge in [-0.15, -0.1) is 34.9 Å². The van der Waals surface area contributed by atoms with Gasteiger partial charge in [-0.2, -0.15) is 0 Å². The van der Waals surface area contributed by atoms with E-state index >= 15 is 0 Å². The molecule has 3 aromatic carbocycles. The van der Waals surface area contributed by atoms with Crippen LogP contribution in [0.1, 0.15) is 65.5 Å². The predicted molar refractivity (Wildman–Crippen MR) is 157 cm³/mol. The standard InChI is InChI=1S/C21H15FN.C13H24O2.Ir/c1-13-10-14(2)12-16(11-13)21-18-7-6-15-4-3-5-19(22)20(15)17(18)8-9-23-21;1-7-12(3,4)10(14)9-11(15)13(5,6)8-2;/h3-11H,1-2H3;9,14H,7-8H2,1-6H3;/q-1;;/b;10-9-;. The Morgan fingerprint density at radius 3 is 2.26 bits per heavy atom. The number of rotatable bonds is 6. The second kappa shape index (κ2) is 13.0. The summed E-state index contributed by atoms with van der Waals surface area (Å²) in [4.78, 5) is 16.4. The number of allylic oxidation sites excluding steroid dienone is 2. The summed E-state index contributed by atoms with van der Waals surface area (Å²) in [5.74, 6) is -0.00444. The number of halogens is 1. The number of aliphatic hydroxyl groups is 1. The maximum absolute atomic E-state index is 14.4. The molecule has 0 atom stereocenters. The van der Waals surface area contributed by atoms with Crippen molar-refractivity contribution in [2.24, 2.45) is 10.8 Å². The van der Waals surface area contributed by atoms with Gasteiger partial charge in [-0.1, -0.05) is 79.7 Å². The van der Waals surface area contributed by atoms with E-state index in [4.69, 9.17) is 0 Å². The number of nitrogens with zero attached hydrogens (tertiary/aromatic N) is 1. The van der Waals surface area contributed by atoms with E-state index in [1.54, 1.807) is 12.3 Å². The first-order valence-corrected chi connectivity index (χ1v) is 13.2. The summed E-state index contributed by atoms with van der Waals surface area (Å²) in [6.07, 6.45) is 4.74. The van der Waals surface area contributed by atoms with Gasteiger partial charge in [0.25, 0.3) is 0 Å². The number of pyridine rings is 1. The molecule has 0 bridgehead atoms. The molecule has 0 aliphatic rings. The first-order valence-electron chi connectivity index (χ1n) is 13.2. The van der Waals surface area contributed by atoms with Gasteiger partial charge >= 0.3 is 0 Å². The largest absolute Gasteiger partial charge is 0.512 e. The number of aryl methyl sites for hydroxylation is 2. The Morgan fingerprint density at radius 2 is 1.64 bits per heavy atom. The molecular weight excluding hydrogens is 666 g/mol. The summed E-state index contributed by atoms with van der Waals surface area (Å²) in [6.45, 7) is 15.7. The minimum atomic E-state index is -0.377. The van der Waals surface area contributed by atoms with Gasteiger partial charge in [0.2, 0.25) is 0 Å². The Labute approximate surface area is 245 Å². The summed E-state index contributed by atoms with van der Waals surface area (Å²) in [5.41, 5.74) is 3.35. The van der Waals surface area contributed by atoms with Crippen molar-refractivity contribution in [2.75, 3.05) is 0 Å². The van der Waals surface area contributed by atoms with Crippen LogP contribution in [0.2, 0.25) is 0 Å². The summed E-state index contributed by atoms with van der Waals surface area (Å²) < 4.78 is 14.4. The molecule has 1 aromatic heterocycles. The molecule has 39 heavy (non-hydrogen) atoms. The minimum absolute atomic E-state index is 0. The van der Waals surface area contributed by atoms with Crippen molar-refractivity contribution in [1.82, 2.24) is 4.98 Å². The zero-order valence-electron chi connectivity index (χ0n) is 24.2. The van der Waals surface area contributed by atoms with Crippen molar-refractivity contribution in [3.63, 3.8) is 0 Å². The summed E-state index contributed by atoms with van der Waals surface area (Å²) >= 11 is 0. The fourth-order valence-electron chi connectivity index (χ4n) is 4.10. The van der Waals surface area contributed by atoms with Gasteiger partial charge in [-0.25, -0.2) is 4.39 Å². The molecule has 5 heteroatoms. The molecule has 0 saturated heterocycles. The monoisotopic (exact) mass is 705 g/mol. The molecule has 0 unspecified atom stereocenters. The first-order chi connectivity index (χ1) is 17.8. The smallest absolute Gasteiger partial charge is 0.164 e. The van der Waals surface area contributed by atoms with E-state index < -0.39 is 0 Å². The second-order valence-electron chi connectivity index (χ2n) is 11.3. The van der Waals surface area contributed by atoms with Crippen LogP contribution in [-0.4, -0.2) is 15.9 Å². The van der Waals surface area contributed by atoms with E-state index in [2.05, 4.69) is 30.1 Å². The van der Waals surface area contributed by atoms with Crippen LogP contribution in [0.5, 0.6) is 0 Å². The van der Waals surface area contributed by atoms with Gasteiger partial charge in [0.1, 0.15) is 11.6 Å². The molecule has 1 radical (unpaired) electrons. The van der Waals surface area contributed by atoms with Crippen molar-refractivity contribution in [2.45, 2.75) is 68.2 Å². The van der Waals surface area contributed by atoms with Crippen molar-refractivity contribution in [3.8, 4) is 11.3 Å². The van der Waals surface area contributed by atoms with E-state index in [0.717, 1.165) is 45.8 Å². The van der Waals surface area contributed by atoms with Gasteiger partial charge in [0, 0.05) is 48.6 Å². The van der Waals surface area contributed by atoms with Crippen LogP contribution in [0, 0.1) is 36.6 Å². The molecule has 0 fully saturated rings. The molecule has 1 heterocycles. The molecule has 1 N–H and O–H groups in total. The van der Waals surface area contributed by atoms with E-state index in [0.29, 0.717) is 5.39 Å². The summed E-state index contributed by atoms with van der Waals surface area (Å²) in [6, 6.07) is 18.5. The Kier molecular flexibility index (Phi) is 10.8. The maximum Gasteiger partial charge on any atom is 0.164 e. The van der Waals surface area contributed by atoms with Crippen LogP contribution in [0.25, 0.3) is 32.8 Å². The van der Waals surface area contributed by atoms with E-state index in [1.807, 2.05) is 72.7 Å². The van der Waals surface area contributed by atoms with Crippen molar-refractivity contribution in [3.05, 3.63) is 89.6 Å². The molecule has 0 aliphatic heterocycles. The van der Waals surface area contributed by atoms with Crippen LogP contribution >= 0.6 is 0 Å². The SMILES string of the molecule is CCC(C)(C)C(=O)/C=C(\O)C(C)(C)CC.Cc1[c-]c(-c2nccc3c2ccc2cccc(F)c23)cc(C)c1.[Ir]. The van der Waals surface area contributed by atoms with Gasteiger partial charge in [-0.3, -0.25) is 4.79 Å². The Balaban J connectivity index is 0.000000294. The fraction of sp³-hybridized carbons (Fsp3) is 0.353. The van der Waals surface area contributed by atoms with Gasteiger partial charge in [0.15, 0.2) is 5.78 Å². The molecule has 3 nitrogen and oxygen atoms in total. The Hall–Kier alpha value is -2.88. The summed E-state index contributed by atoms with van der Waals surface area (Å²) in [5, 5.41) is 13.2. The second-order valence-corrected chi connectivity index (χ2v) is 11.3. The quantitative estimate of drug-likeness (QED) is 0.0942. The third-order valence-electron chi connectivity index (χ3n) is 7.53. The number of aliphatic hydroxyl groups excluding tert-OH is 1. The van der Waals surface area contributed by atoms with Crippen LogP contribution in [0.4, 0.5) is 4.39 Å². The first kappa shape index (κ1) is 32.3. The van der Waals surface area contributed by atoms with Gasteiger partial charge in [-0.05, 0) is 46.8 Å². The third-order valence-corrected chi connectivity index (χ3v) is 7.53. The van der Waals surface area contributed by atoms with E-state index in [9.17, 15) is 14.3 Å². The number of ketones is 1. The average molecular weight is 705 g/mol. The molecule has 209 valence electrons. The fourth-order valence-corrected chi connectivity index (χ4v) is 4.10. The normalized spacial score (nSPS) is 12.1. The van der Waals surface area contributed by atoms with E-state index in [1.165, 1.54) is 17.7 Å². The Bertz CT molecular complexity index is 1480. The topological polar surface area (TPSA) is 50.2 Å². The van der Waals surface area contributed by atoms with Crippen molar-refractivity contribution >= 4 is 27.3 Å². The number of carbonyl (C=O) groups excluding carboxylic acids is 1.